The molecule has 0 saturated carbocycles. The first-order chi connectivity index (χ1) is 17.7. The maximum absolute atomic E-state index is 13.2. The zero-order chi connectivity index (χ0) is 24.6. The smallest absolute Gasteiger partial charge is 0.267 e. The van der Waals surface area contributed by atoms with Crippen LogP contribution >= 0.6 is 11.8 Å². The lowest BCUT2D eigenvalue weighted by Gasteiger charge is -2.12. The third-order valence-corrected chi connectivity index (χ3v) is 6.33. The van der Waals surface area contributed by atoms with Gasteiger partial charge in [0.25, 0.3) is 5.91 Å². The SMILES string of the molecule is O=C1/C(=C/c2ccccc2)S/C(=N/N=C/c2cccc(OCc3ccccc3)c2)N1Cc1ccco1. The largest absolute Gasteiger partial charge is 0.489 e. The van der Waals surface area contributed by atoms with Gasteiger partial charge in [-0.25, -0.2) is 0 Å². The number of hydrogen-bond acceptors (Lipinski definition) is 6. The predicted octanol–water partition coefficient (Wildman–Crippen LogP) is 6.37. The molecule has 1 saturated heterocycles. The van der Waals surface area contributed by atoms with Gasteiger partial charge >= 0.3 is 0 Å². The maximum Gasteiger partial charge on any atom is 0.267 e. The van der Waals surface area contributed by atoms with E-state index in [1.165, 1.54) is 11.8 Å². The van der Waals surface area contributed by atoms with Gasteiger partial charge in [-0.05, 0) is 58.8 Å². The van der Waals surface area contributed by atoms with E-state index in [0.29, 0.717) is 22.4 Å². The Morgan fingerprint density at radius 3 is 2.44 bits per heavy atom. The first-order valence-corrected chi connectivity index (χ1v) is 12.2. The van der Waals surface area contributed by atoms with Gasteiger partial charge in [0.05, 0.1) is 23.9 Å². The number of nitrogens with zero attached hydrogens (tertiary/aromatic N) is 3. The molecule has 0 spiro atoms. The number of carbonyl (C=O) groups is 1. The standard InChI is InChI=1S/C29H23N3O3S/c33-28-27(18-22-9-3-1-4-10-22)36-29(32(28)20-26-15-8-16-34-26)31-30-19-24-13-7-14-25(17-24)35-21-23-11-5-2-6-12-23/h1-19H,20-21H2/b27-18-,30-19+,31-29+. The van der Waals surface area contributed by atoms with E-state index >= 15 is 0 Å². The van der Waals surface area contributed by atoms with Crippen LogP contribution in [0.25, 0.3) is 6.08 Å². The van der Waals surface area contributed by atoms with Crippen LogP contribution in [0, 0.1) is 0 Å². The molecule has 0 radical (unpaired) electrons. The number of ether oxygens (including phenoxy) is 1. The average molecular weight is 494 g/mol. The van der Waals surface area contributed by atoms with Crippen molar-refractivity contribution in [3.8, 4) is 5.75 Å². The van der Waals surface area contributed by atoms with Crippen molar-refractivity contribution < 1.29 is 13.9 Å². The molecule has 5 rings (SSSR count). The molecule has 7 heteroatoms. The summed E-state index contributed by atoms with van der Waals surface area (Å²) in [5.74, 6) is 1.28. The molecule has 0 unspecified atom stereocenters. The Hall–Kier alpha value is -4.36. The zero-order valence-electron chi connectivity index (χ0n) is 19.4. The summed E-state index contributed by atoms with van der Waals surface area (Å²) in [6.07, 6.45) is 5.10. The van der Waals surface area contributed by atoms with Crippen LogP contribution in [0.2, 0.25) is 0 Å². The summed E-state index contributed by atoms with van der Waals surface area (Å²) < 4.78 is 11.4. The lowest BCUT2D eigenvalue weighted by atomic mass is 10.2. The van der Waals surface area contributed by atoms with Crippen LogP contribution in [-0.4, -0.2) is 22.2 Å². The van der Waals surface area contributed by atoms with Crippen LogP contribution in [0.5, 0.6) is 5.75 Å². The summed E-state index contributed by atoms with van der Waals surface area (Å²) in [5.41, 5.74) is 2.89. The van der Waals surface area contributed by atoms with Gasteiger partial charge in [-0.1, -0.05) is 72.8 Å². The van der Waals surface area contributed by atoms with Gasteiger partial charge in [0.15, 0.2) is 5.17 Å². The number of furan rings is 1. The Morgan fingerprint density at radius 2 is 1.67 bits per heavy atom. The van der Waals surface area contributed by atoms with E-state index in [1.807, 2.05) is 97.1 Å². The Labute approximate surface area is 213 Å². The second-order valence-electron chi connectivity index (χ2n) is 7.97. The number of thioether (sulfide) groups is 1. The molecule has 0 N–H and O–H groups in total. The Kier molecular flexibility index (Phi) is 7.39. The fourth-order valence-electron chi connectivity index (χ4n) is 3.55. The van der Waals surface area contributed by atoms with Crippen LogP contribution < -0.4 is 4.74 Å². The molecule has 0 atom stereocenters. The van der Waals surface area contributed by atoms with Gasteiger partial charge < -0.3 is 9.15 Å². The normalized spacial score (nSPS) is 15.9. The predicted molar refractivity (Wildman–Crippen MR) is 144 cm³/mol. The second kappa shape index (κ2) is 11.4. The third-order valence-electron chi connectivity index (χ3n) is 5.34. The second-order valence-corrected chi connectivity index (χ2v) is 8.98. The molecule has 6 nitrogen and oxygen atoms in total. The molecule has 1 aromatic heterocycles. The molecule has 0 aliphatic carbocycles. The number of rotatable bonds is 8. The number of amidine groups is 1. The first-order valence-electron chi connectivity index (χ1n) is 11.4. The summed E-state index contributed by atoms with van der Waals surface area (Å²) >= 11 is 1.29. The molecular weight excluding hydrogens is 470 g/mol. The lowest BCUT2D eigenvalue weighted by molar-refractivity contribution is -0.122. The molecular formula is C29H23N3O3S. The van der Waals surface area contributed by atoms with Gasteiger partial charge in [0.1, 0.15) is 18.1 Å². The van der Waals surface area contributed by atoms with Crippen molar-refractivity contribution in [2.75, 3.05) is 0 Å². The minimum atomic E-state index is -0.134. The maximum atomic E-state index is 13.2. The van der Waals surface area contributed by atoms with Crippen LogP contribution in [0.4, 0.5) is 0 Å². The minimum Gasteiger partial charge on any atom is -0.489 e. The van der Waals surface area contributed by atoms with Crippen molar-refractivity contribution in [3.63, 3.8) is 0 Å². The van der Waals surface area contributed by atoms with Gasteiger partial charge in [0.2, 0.25) is 0 Å². The van der Waals surface area contributed by atoms with Crippen LogP contribution in [-0.2, 0) is 17.9 Å². The molecule has 36 heavy (non-hydrogen) atoms. The average Bonchev–Trinajstić information content (AvgIpc) is 3.53. The first kappa shape index (κ1) is 23.4. The molecule has 0 bridgehead atoms. The number of hydrogen-bond donors (Lipinski definition) is 0. The van der Waals surface area contributed by atoms with E-state index in [2.05, 4.69) is 10.2 Å². The summed E-state index contributed by atoms with van der Waals surface area (Å²) in [7, 11) is 0. The fourth-order valence-corrected chi connectivity index (χ4v) is 4.49. The molecule has 1 aliphatic heterocycles. The minimum absolute atomic E-state index is 0.134. The highest BCUT2D eigenvalue weighted by atomic mass is 32.2. The Bertz CT molecular complexity index is 1400. The Balaban J connectivity index is 1.33. The quantitative estimate of drug-likeness (QED) is 0.163. The van der Waals surface area contributed by atoms with Crippen molar-refractivity contribution in [3.05, 3.63) is 131 Å². The number of carbonyl (C=O) groups excluding carboxylic acids is 1. The van der Waals surface area contributed by atoms with Gasteiger partial charge in [-0.2, -0.15) is 5.10 Å². The number of amides is 1. The van der Waals surface area contributed by atoms with E-state index in [4.69, 9.17) is 9.15 Å². The van der Waals surface area contributed by atoms with E-state index in [0.717, 1.165) is 22.4 Å². The van der Waals surface area contributed by atoms with Crippen molar-refractivity contribution >= 4 is 35.1 Å². The van der Waals surface area contributed by atoms with E-state index in [-0.39, 0.29) is 12.5 Å². The molecule has 3 aromatic carbocycles. The van der Waals surface area contributed by atoms with Crippen molar-refractivity contribution in [2.24, 2.45) is 10.2 Å². The van der Waals surface area contributed by atoms with Crippen molar-refractivity contribution in [1.82, 2.24) is 4.90 Å². The highest BCUT2D eigenvalue weighted by molar-refractivity contribution is 8.18. The summed E-state index contributed by atoms with van der Waals surface area (Å²) in [4.78, 5) is 15.3. The molecule has 1 amide bonds. The molecule has 4 aromatic rings. The monoisotopic (exact) mass is 493 g/mol. The summed E-state index contributed by atoms with van der Waals surface area (Å²) in [6.45, 7) is 0.767. The molecule has 1 aliphatic rings. The van der Waals surface area contributed by atoms with Gasteiger partial charge in [-0.3, -0.25) is 9.69 Å². The zero-order valence-corrected chi connectivity index (χ0v) is 20.2. The molecule has 1 fully saturated rings. The molecule has 2 heterocycles. The van der Waals surface area contributed by atoms with E-state index in [1.54, 1.807) is 23.4 Å². The van der Waals surface area contributed by atoms with Crippen molar-refractivity contribution in [2.45, 2.75) is 13.2 Å². The topological polar surface area (TPSA) is 67.4 Å². The fraction of sp³-hybridized carbons (Fsp3) is 0.0690. The summed E-state index contributed by atoms with van der Waals surface area (Å²) in [6, 6.07) is 31.0. The van der Waals surface area contributed by atoms with E-state index in [9.17, 15) is 4.79 Å². The summed E-state index contributed by atoms with van der Waals surface area (Å²) in [5, 5.41) is 9.14. The van der Waals surface area contributed by atoms with Crippen LogP contribution in [0.3, 0.4) is 0 Å². The lowest BCUT2D eigenvalue weighted by Crippen LogP contribution is -2.28. The Morgan fingerprint density at radius 1 is 0.889 bits per heavy atom. The van der Waals surface area contributed by atoms with Crippen LogP contribution in [0.1, 0.15) is 22.5 Å². The van der Waals surface area contributed by atoms with Crippen LogP contribution in [0.15, 0.2) is 123 Å². The molecule has 178 valence electrons. The number of benzene rings is 3. The highest BCUT2D eigenvalue weighted by Gasteiger charge is 2.34. The van der Waals surface area contributed by atoms with Crippen molar-refractivity contribution in [1.29, 1.82) is 0 Å². The van der Waals surface area contributed by atoms with E-state index < -0.39 is 0 Å². The highest BCUT2D eigenvalue weighted by Crippen LogP contribution is 2.33. The van der Waals surface area contributed by atoms with Gasteiger partial charge in [-0.15, -0.1) is 5.10 Å². The van der Waals surface area contributed by atoms with Gasteiger partial charge in [0, 0.05) is 0 Å². The third kappa shape index (κ3) is 6.00.